The molecule has 0 saturated carbocycles. The van der Waals surface area contributed by atoms with E-state index in [0.29, 0.717) is 38.1 Å². The molecule has 1 atom stereocenters. The number of aliphatic imine (C=N–C) groups is 1. The van der Waals surface area contributed by atoms with Gasteiger partial charge >= 0.3 is 0 Å². The van der Waals surface area contributed by atoms with Crippen molar-refractivity contribution in [3.8, 4) is 5.88 Å². The first kappa shape index (κ1) is 21.1. The zero-order chi connectivity index (χ0) is 19.5. The first-order valence-corrected chi connectivity index (χ1v) is 9.84. The average molecular weight is 393 g/mol. The van der Waals surface area contributed by atoms with Crippen molar-refractivity contribution in [2.75, 3.05) is 33.4 Å². The van der Waals surface area contributed by atoms with Crippen LogP contribution in [0.3, 0.4) is 0 Å². The number of pyridine rings is 1. The van der Waals surface area contributed by atoms with Crippen LogP contribution >= 0.6 is 11.3 Å². The summed E-state index contributed by atoms with van der Waals surface area (Å²) >= 11 is 1.56. The molecule has 2 aromatic rings. The number of nitrogens with one attached hydrogen (secondary N) is 2. The van der Waals surface area contributed by atoms with Crippen molar-refractivity contribution >= 4 is 17.3 Å². The lowest BCUT2D eigenvalue weighted by Crippen LogP contribution is -2.44. The van der Waals surface area contributed by atoms with E-state index in [1.165, 1.54) is 0 Å². The first-order valence-electron chi connectivity index (χ1n) is 8.89. The van der Waals surface area contributed by atoms with Crippen molar-refractivity contribution in [2.24, 2.45) is 4.99 Å². The fourth-order valence-electron chi connectivity index (χ4n) is 2.33. The molecule has 27 heavy (non-hydrogen) atoms. The van der Waals surface area contributed by atoms with Crippen molar-refractivity contribution in [1.29, 1.82) is 0 Å². The molecule has 0 amide bonds. The lowest BCUT2D eigenvalue weighted by atomic mass is 9.99. The molecule has 0 fully saturated rings. The Kier molecular flexibility index (Phi) is 8.50. The molecule has 0 aliphatic heterocycles. The summed E-state index contributed by atoms with van der Waals surface area (Å²) in [7, 11) is 1.63. The summed E-state index contributed by atoms with van der Waals surface area (Å²) in [5, 5.41) is 21.0. The highest BCUT2D eigenvalue weighted by atomic mass is 32.1. The van der Waals surface area contributed by atoms with Crippen molar-refractivity contribution < 1.29 is 14.6 Å². The van der Waals surface area contributed by atoms with Crippen LogP contribution in [-0.4, -0.2) is 49.5 Å². The molecule has 148 valence electrons. The van der Waals surface area contributed by atoms with Gasteiger partial charge in [-0.05, 0) is 42.3 Å². The van der Waals surface area contributed by atoms with Crippen LogP contribution in [0.25, 0.3) is 0 Å². The van der Waals surface area contributed by atoms with Crippen molar-refractivity contribution in [3.63, 3.8) is 0 Å². The number of guanidine groups is 1. The van der Waals surface area contributed by atoms with Gasteiger partial charge in [-0.15, -0.1) is 0 Å². The predicted molar refractivity (Wildman–Crippen MR) is 108 cm³/mol. The van der Waals surface area contributed by atoms with Gasteiger partial charge in [-0.2, -0.15) is 11.3 Å². The van der Waals surface area contributed by atoms with Crippen LogP contribution in [0.2, 0.25) is 0 Å². The zero-order valence-corrected chi connectivity index (χ0v) is 16.9. The topological polar surface area (TPSA) is 88.0 Å². The van der Waals surface area contributed by atoms with Gasteiger partial charge in [0.25, 0.3) is 0 Å². The molecule has 2 rings (SSSR count). The summed E-state index contributed by atoms with van der Waals surface area (Å²) in [6.45, 7) is 6.20. The van der Waals surface area contributed by atoms with Crippen LogP contribution in [-0.2, 0) is 16.9 Å². The molecule has 3 N–H and O–H groups in total. The van der Waals surface area contributed by atoms with Gasteiger partial charge in [-0.1, -0.05) is 6.07 Å². The van der Waals surface area contributed by atoms with Crippen molar-refractivity contribution in [1.82, 2.24) is 15.6 Å². The number of nitrogens with zero attached hydrogens (tertiary/aromatic N) is 2. The summed E-state index contributed by atoms with van der Waals surface area (Å²) in [6, 6.07) is 5.72. The molecule has 8 heteroatoms. The van der Waals surface area contributed by atoms with E-state index in [4.69, 9.17) is 9.47 Å². The predicted octanol–water partition coefficient (Wildman–Crippen LogP) is 2.13. The van der Waals surface area contributed by atoms with E-state index >= 15 is 0 Å². The number of methoxy groups -OCH3 is 1. The number of aromatic nitrogens is 1. The highest BCUT2D eigenvalue weighted by Crippen LogP contribution is 2.22. The van der Waals surface area contributed by atoms with E-state index in [0.717, 1.165) is 17.7 Å². The quantitative estimate of drug-likeness (QED) is 0.326. The summed E-state index contributed by atoms with van der Waals surface area (Å²) in [5.41, 5.74) is 0.797. The Bertz CT molecular complexity index is 705. The maximum Gasteiger partial charge on any atom is 0.218 e. The van der Waals surface area contributed by atoms with Gasteiger partial charge in [-0.25, -0.2) is 9.98 Å². The molecule has 0 saturated heterocycles. The standard InChI is InChI=1S/C19H28N4O3S/c1-4-20-18(23-14-19(2,24)16-7-11-27-13-16)22-12-15-6-5-8-21-17(15)26-10-9-25-3/h5-8,11,13,24H,4,9-10,12,14H2,1-3H3,(H2,20,22,23). The monoisotopic (exact) mass is 392 g/mol. The molecule has 0 bridgehead atoms. The molecule has 0 aromatic carbocycles. The van der Waals surface area contributed by atoms with Crippen molar-refractivity contribution in [3.05, 3.63) is 46.3 Å². The van der Waals surface area contributed by atoms with Gasteiger partial charge in [-0.3, -0.25) is 0 Å². The van der Waals surface area contributed by atoms with E-state index in [-0.39, 0.29) is 0 Å². The number of aliphatic hydroxyl groups is 1. The average Bonchev–Trinajstić information content (AvgIpc) is 3.21. The Labute approximate surface area is 164 Å². The fraction of sp³-hybridized carbons (Fsp3) is 0.474. The Morgan fingerprint density at radius 2 is 2.19 bits per heavy atom. The molecule has 2 aromatic heterocycles. The molecule has 1 unspecified atom stereocenters. The molecular formula is C19H28N4O3S. The number of hydrogen-bond acceptors (Lipinski definition) is 6. The second-order valence-electron chi connectivity index (χ2n) is 6.14. The SMILES string of the molecule is CCNC(=NCc1cccnc1OCCOC)NCC(C)(O)c1ccsc1. The van der Waals surface area contributed by atoms with E-state index in [9.17, 15) is 5.11 Å². The van der Waals surface area contributed by atoms with Gasteiger partial charge in [0.05, 0.1) is 19.7 Å². The Morgan fingerprint density at radius 3 is 2.89 bits per heavy atom. The number of rotatable bonds is 10. The van der Waals surface area contributed by atoms with Crippen molar-refractivity contribution in [2.45, 2.75) is 26.0 Å². The van der Waals surface area contributed by atoms with Crippen LogP contribution in [0, 0.1) is 0 Å². The molecule has 0 radical (unpaired) electrons. The molecule has 0 aliphatic rings. The van der Waals surface area contributed by atoms with Gasteiger partial charge in [0.15, 0.2) is 5.96 Å². The minimum absolute atomic E-state index is 0.347. The summed E-state index contributed by atoms with van der Waals surface area (Å²) < 4.78 is 10.7. The van der Waals surface area contributed by atoms with Crippen LogP contribution < -0.4 is 15.4 Å². The second-order valence-corrected chi connectivity index (χ2v) is 6.92. The highest BCUT2D eigenvalue weighted by molar-refractivity contribution is 7.08. The van der Waals surface area contributed by atoms with Crippen LogP contribution in [0.4, 0.5) is 0 Å². The van der Waals surface area contributed by atoms with E-state index < -0.39 is 5.60 Å². The summed E-state index contributed by atoms with van der Waals surface area (Å²) in [4.78, 5) is 8.86. The smallest absolute Gasteiger partial charge is 0.218 e. The number of hydrogen-bond donors (Lipinski definition) is 3. The Morgan fingerprint density at radius 1 is 1.33 bits per heavy atom. The van der Waals surface area contributed by atoms with Gasteiger partial charge < -0.3 is 25.2 Å². The van der Waals surface area contributed by atoms with Crippen LogP contribution in [0.5, 0.6) is 5.88 Å². The maximum atomic E-state index is 10.7. The maximum absolute atomic E-state index is 10.7. The summed E-state index contributed by atoms with van der Waals surface area (Å²) in [5.74, 6) is 1.18. The van der Waals surface area contributed by atoms with E-state index in [2.05, 4.69) is 20.6 Å². The van der Waals surface area contributed by atoms with Crippen LogP contribution in [0.15, 0.2) is 40.1 Å². The Balaban J connectivity index is 2.01. The van der Waals surface area contributed by atoms with E-state index in [1.54, 1.807) is 31.6 Å². The molecule has 0 spiro atoms. The molecule has 2 heterocycles. The lowest BCUT2D eigenvalue weighted by molar-refractivity contribution is 0.0621. The third kappa shape index (κ3) is 6.82. The minimum atomic E-state index is -0.973. The lowest BCUT2D eigenvalue weighted by Gasteiger charge is -2.24. The number of thiophene rings is 1. The molecular weight excluding hydrogens is 364 g/mol. The third-order valence-electron chi connectivity index (χ3n) is 3.87. The summed E-state index contributed by atoms with van der Waals surface area (Å²) in [6.07, 6.45) is 1.69. The Hall–Kier alpha value is -2.16. The largest absolute Gasteiger partial charge is 0.475 e. The minimum Gasteiger partial charge on any atom is -0.475 e. The first-order chi connectivity index (χ1) is 13.1. The number of ether oxygens (including phenoxy) is 2. The highest BCUT2D eigenvalue weighted by Gasteiger charge is 2.23. The van der Waals surface area contributed by atoms with Gasteiger partial charge in [0.2, 0.25) is 5.88 Å². The zero-order valence-electron chi connectivity index (χ0n) is 16.1. The van der Waals surface area contributed by atoms with Gasteiger partial charge in [0, 0.05) is 25.4 Å². The molecule has 0 aliphatic carbocycles. The normalized spacial score (nSPS) is 13.9. The van der Waals surface area contributed by atoms with Gasteiger partial charge in [0.1, 0.15) is 12.2 Å². The fourth-order valence-corrected chi connectivity index (χ4v) is 3.11. The second kappa shape index (κ2) is 10.9. The molecule has 7 nitrogen and oxygen atoms in total. The van der Waals surface area contributed by atoms with E-state index in [1.807, 2.05) is 35.9 Å². The third-order valence-corrected chi connectivity index (χ3v) is 4.55. The van der Waals surface area contributed by atoms with Crippen LogP contribution in [0.1, 0.15) is 25.0 Å².